The molecule has 3 aromatic rings. The summed E-state index contributed by atoms with van der Waals surface area (Å²) in [6.07, 6.45) is 2.26. The quantitative estimate of drug-likeness (QED) is 0.561. The predicted molar refractivity (Wildman–Crippen MR) is 84.9 cm³/mol. The van der Waals surface area contributed by atoms with Crippen LogP contribution in [0.4, 0.5) is 11.5 Å². The van der Waals surface area contributed by atoms with Crippen molar-refractivity contribution in [1.29, 1.82) is 0 Å². The average Bonchev–Trinajstić information content (AvgIpc) is 2.84. The molecule has 0 bridgehead atoms. The summed E-state index contributed by atoms with van der Waals surface area (Å²) in [6, 6.07) is 11.4. The maximum Gasteiger partial charge on any atom is 0.308 e. The van der Waals surface area contributed by atoms with Gasteiger partial charge in [0.2, 0.25) is 0 Å². The second kappa shape index (κ2) is 5.85. The number of benzene rings is 1. The Labute approximate surface area is 127 Å². The lowest BCUT2D eigenvalue weighted by Gasteiger charge is -2.01. The van der Waals surface area contributed by atoms with E-state index >= 15 is 0 Å². The number of pyridine rings is 1. The minimum absolute atomic E-state index is 0.0537. The van der Waals surface area contributed by atoms with Crippen molar-refractivity contribution < 1.29 is 9.91 Å². The monoisotopic (exact) mass is 297 g/mol. The van der Waals surface area contributed by atoms with Crippen LogP contribution in [0.5, 0.6) is 0 Å². The minimum Gasteiger partial charge on any atom is -0.358 e. The van der Waals surface area contributed by atoms with E-state index in [9.17, 15) is 10.1 Å². The molecule has 0 atom stereocenters. The van der Waals surface area contributed by atoms with Crippen LogP contribution in [-0.2, 0) is 6.42 Å². The zero-order valence-corrected chi connectivity index (χ0v) is 12.2. The van der Waals surface area contributed by atoms with Crippen molar-refractivity contribution in [3.05, 3.63) is 64.0 Å². The number of hydrogen-bond acceptors (Lipinski definition) is 3. The third-order valence-electron chi connectivity index (χ3n) is 3.72. The Balaban J connectivity index is 1.67. The first-order valence-corrected chi connectivity index (χ1v) is 7.11. The van der Waals surface area contributed by atoms with Gasteiger partial charge in [-0.1, -0.05) is 18.2 Å². The number of fused-ring (bicyclic) bond motifs is 1. The van der Waals surface area contributed by atoms with E-state index in [1.165, 1.54) is 28.9 Å². The molecule has 0 saturated carbocycles. The second-order valence-electron chi connectivity index (χ2n) is 5.17. The van der Waals surface area contributed by atoms with E-state index in [1.54, 1.807) is 6.07 Å². The highest BCUT2D eigenvalue weighted by Crippen LogP contribution is 2.22. The number of aryl methyl sites for hydroxylation is 1. The topological polar surface area (TPSA) is 85.1 Å². The van der Waals surface area contributed by atoms with Gasteiger partial charge in [-0.3, -0.25) is 15.4 Å². The van der Waals surface area contributed by atoms with Gasteiger partial charge in [0.25, 0.3) is 5.82 Å². The van der Waals surface area contributed by atoms with E-state index in [0.717, 1.165) is 24.3 Å². The molecule has 1 aromatic carbocycles. The first-order chi connectivity index (χ1) is 10.6. The molecule has 0 saturated heterocycles. The number of nitrogens with one attached hydrogen (secondary N) is 3. The number of rotatable bonds is 5. The average molecular weight is 297 g/mol. The normalized spacial score (nSPS) is 10.8. The number of anilines is 1. The van der Waals surface area contributed by atoms with Gasteiger partial charge in [-0.2, -0.15) is 0 Å². The van der Waals surface area contributed by atoms with Crippen LogP contribution in [0.15, 0.2) is 42.6 Å². The molecule has 6 heteroatoms. The fourth-order valence-corrected chi connectivity index (χ4v) is 2.62. The summed E-state index contributed by atoms with van der Waals surface area (Å²) in [7, 11) is 0. The molecule has 22 heavy (non-hydrogen) atoms. The summed E-state index contributed by atoms with van der Waals surface area (Å²) in [5.74, 6) is 0.767. The number of H-pyrrole nitrogens is 2. The first-order valence-electron chi connectivity index (χ1n) is 7.11. The highest BCUT2D eigenvalue weighted by molar-refractivity contribution is 5.84. The number of nitrogens with zero attached hydrogens (tertiary/aromatic N) is 1. The van der Waals surface area contributed by atoms with E-state index in [1.807, 2.05) is 12.1 Å². The van der Waals surface area contributed by atoms with Crippen molar-refractivity contribution in [2.45, 2.75) is 13.3 Å². The summed E-state index contributed by atoms with van der Waals surface area (Å²) < 4.78 is 0. The summed E-state index contributed by atoms with van der Waals surface area (Å²) in [6.45, 7) is 2.82. The molecule has 0 aliphatic heterocycles. The van der Waals surface area contributed by atoms with E-state index in [-0.39, 0.29) is 5.69 Å². The van der Waals surface area contributed by atoms with E-state index in [2.05, 4.69) is 34.3 Å². The van der Waals surface area contributed by atoms with E-state index < -0.39 is 4.92 Å². The van der Waals surface area contributed by atoms with Crippen LogP contribution in [-0.4, -0.2) is 16.5 Å². The lowest BCUT2D eigenvalue weighted by Crippen LogP contribution is -2.15. The lowest BCUT2D eigenvalue weighted by atomic mass is 10.1. The molecule has 3 N–H and O–H groups in total. The van der Waals surface area contributed by atoms with Gasteiger partial charge in [0.05, 0.1) is 11.5 Å². The Morgan fingerprint density at radius 2 is 2.09 bits per heavy atom. The number of aromatic amines is 2. The zero-order chi connectivity index (χ0) is 15.5. The van der Waals surface area contributed by atoms with Crippen molar-refractivity contribution in [2.24, 2.45) is 0 Å². The van der Waals surface area contributed by atoms with Gasteiger partial charge in [-0.15, -0.1) is 0 Å². The summed E-state index contributed by atoms with van der Waals surface area (Å²) in [4.78, 5) is 16.5. The summed E-state index contributed by atoms with van der Waals surface area (Å²) >= 11 is 0. The van der Waals surface area contributed by atoms with Crippen LogP contribution >= 0.6 is 0 Å². The van der Waals surface area contributed by atoms with Gasteiger partial charge in [-0.25, -0.2) is 4.98 Å². The summed E-state index contributed by atoms with van der Waals surface area (Å²) in [5, 5.41) is 15.1. The van der Waals surface area contributed by atoms with Gasteiger partial charge in [-0.05, 0) is 18.6 Å². The Morgan fingerprint density at radius 1 is 1.27 bits per heavy atom. The van der Waals surface area contributed by atoms with Crippen LogP contribution in [0, 0.1) is 17.0 Å². The lowest BCUT2D eigenvalue weighted by molar-refractivity contribution is -0.413. The third kappa shape index (κ3) is 2.76. The molecule has 2 heterocycles. The largest absolute Gasteiger partial charge is 0.358 e. The molecule has 0 amide bonds. The second-order valence-corrected chi connectivity index (χ2v) is 5.17. The van der Waals surface area contributed by atoms with Gasteiger partial charge in [0.15, 0.2) is 6.20 Å². The van der Waals surface area contributed by atoms with Gasteiger partial charge in [0, 0.05) is 35.2 Å². The van der Waals surface area contributed by atoms with Crippen LogP contribution < -0.4 is 10.3 Å². The maximum absolute atomic E-state index is 10.6. The Morgan fingerprint density at radius 3 is 2.82 bits per heavy atom. The maximum atomic E-state index is 10.6. The number of hydrogen-bond donors (Lipinski definition) is 2. The van der Waals surface area contributed by atoms with Crippen molar-refractivity contribution in [2.75, 3.05) is 11.9 Å². The molecule has 3 rings (SSSR count). The zero-order valence-electron chi connectivity index (χ0n) is 12.2. The molecule has 112 valence electrons. The molecule has 2 aromatic heterocycles. The minimum atomic E-state index is -0.421. The summed E-state index contributed by atoms with van der Waals surface area (Å²) in [5.41, 5.74) is 3.68. The number of nitro groups is 1. The van der Waals surface area contributed by atoms with E-state index in [4.69, 9.17) is 0 Å². The van der Waals surface area contributed by atoms with Crippen LogP contribution in [0.1, 0.15) is 11.3 Å². The van der Waals surface area contributed by atoms with E-state index in [0.29, 0.717) is 0 Å². The molecule has 0 fully saturated rings. The highest BCUT2D eigenvalue weighted by Gasteiger charge is 2.11. The standard InChI is InChI=1S/C16H16N4O2/c1-11-13(14-4-2-3-5-15(14)19-11)8-9-17-16-7-6-12(10-18-16)20(21)22/h2-7,10,19H,8-9H2,1H3,(H,17,18)/p+1. The molecule has 0 spiro atoms. The first kappa shape index (κ1) is 14.1. The number of para-hydroxylation sites is 1. The Kier molecular flexibility index (Phi) is 3.74. The van der Waals surface area contributed by atoms with Crippen molar-refractivity contribution in [1.82, 2.24) is 4.98 Å². The fraction of sp³-hybridized carbons (Fsp3) is 0.188. The Hall–Kier alpha value is -2.89. The van der Waals surface area contributed by atoms with Crippen LogP contribution in [0.3, 0.4) is 0 Å². The molecule has 6 nitrogen and oxygen atoms in total. The van der Waals surface area contributed by atoms with Crippen molar-refractivity contribution >= 4 is 22.4 Å². The van der Waals surface area contributed by atoms with Crippen LogP contribution in [0.25, 0.3) is 10.9 Å². The van der Waals surface area contributed by atoms with Gasteiger partial charge < -0.3 is 4.98 Å². The van der Waals surface area contributed by atoms with Crippen LogP contribution in [0.2, 0.25) is 0 Å². The third-order valence-corrected chi connectivity index (χ3v) is 3.72. The Bertz CT molecular complexity index is 809. The predicted octanol–water partition coefficient (Wildman–Crippen LogP) is 2.85. The molecule has 0 radical (unpaired) electrons. The SMILES string of the molecule is Cc1[nH]c2ccccc2c1CCNc1ccc([N+](=O)[O-])c[nH+]1. The number of aromatic nitrogens is 2. The molecular formula is C16H17N4O2+. The fourth-order valence-electron chi connectivity index (χ4n) is 2.62. The van der Waals surface area contributed by atoms with Gasteiger partial charge in [0.1, 0.15) is 0 Å². The smallest absolute Gasteiger partial charge is 0.308 e. The molecule has 0 aliphatic carbocycles. The van der Waals surface area contributed by atoms with Gasteiger partial charge >= 0.3 is 5.69 Å². The highest BCUT2D eigenvalue weighted by atomic mass is 16.6. The molecular weight excluding hydrogens is 280 g/mol. The van der Waals surface area contributed by atoms with Crippen molar-refractivity contribution in [3.8, 4) is 0 Å². The van der Waals surface area contributed by atoms with Crippen molar-refractivity contribution in [3.63, 3.8) is 0 Å². The molecule has 0 unspecified atom stereocenters. The molecule has 0 aliphatic rings.